The van der Waals surface area contributed by atoms with Crippen LogP contribution in [0, 0.1) is 11.7 Å². The van der Waals surface area contributed by atoms with E-state index in [4.69, 9.17) is 0 Å². The molecule has 1 N–H and O–H groups in total. The Labute approximate surface area is 97.1 Å². The summed E-state index contributed by atoms with van der Waals surface area (Å²) in [5.74, 6) is 0.721. The third kappa shape index (κ3) is 3.60. The third-order valence-corrected chi connectivity index (χ3v) is 3.37. The van der Waals surface area contributed by atoms with Crippen molar-refractivity contribution in [3.8, 4) is 0 Å². The lowest BCUT2D eigenvalue weighted by molar-refractivity contribution is 0.351. The smallest absolute Gasteiger partial charge is 0.123 e. The Bertz CT molecular complexity index is 318. The molecule has 1 heterocycles. The third-order valence-electron chi connectivity index (χ3n) is 3.37. The summed E-state index contributed by atoms with van der Waals surface area (Å²) in [4.78, 5) is 0. The molecule has 0 spiro atoms. The second-order valence-corrected chi connectivity index (χ2v) is 4.73. The molecule has 0 aromatic heterocycles. The van der Waals surface area contributed by atoms with Crippen molar-refractivity contribution < 1.29 is 4.39 Å². The zero-order valence-corrected chi connectivity index (χ0v) is 9.71. The van der Waals surface area contributed by atoms with Crippen molar-refractivity contribution in [2.45, 2.75) is 32.1 Å². The number of halogens is 1. The summed E-state index contributed by atoms with van der Waals surface area (Å²) in [6.07, 6.45) is 6.12. The van der Waals surface area contributed by atoms with E-state index >= 15 is 0 Å². The molecule has 0 aliphatic carbocycles. The second kappa shape index (κ2) is 6.00. The van der Waals surface area contributed by atoms with Crippen molar-refractivity contribution in [3.05, 3.63) is 35.6 Å². The van der Waals surface area contributed by atoms with Crippen LogP contribution in [0.1, 0.15) is 31.2 Å². The number of hydrogen-bond acceptors (Lipinski definition) is 1. The van der Waals surface area contributed by atoms with Crippen LogP contribution in [0.5, 0.6) is 0 Å². The van der Waals surface area contributed by atoms with Crippen LogP contribution in [0.4, 0.5) is 4.39 Å². The van der Waals surface area contributed by atoms with Gasteiger partial charge in [0, 0.05) is 0 Å². The van der Waals surface area contributed by atoms with Gasteiger partial charge in [0.25, 0.3) is 0 Å². The normalized spacial score (nSPS) is 20.9. The maximum absolute atomic E-state index is 12.9. The lowest BCUT2D eigenvalue weighted by atomic mass is 9.93. The van der Waals surface area contributed by atoms with E-state index in [0.29, 0.717) is 0 Å². The van der Waals surface area contributed by atoms with Crippen molar-refractivity contribution in [1.29, 1.82) is 0 Å². The molecule has 88 valence electrons. The Balaban J connectivity index is 1.71. The minimum atomic E-state index is -0.114. The summed E-state index contributed by atoms with van der Waals surface area (Å²) in [6, 6.07) is 6.97. The van der Waals surface area contributed by atoms with Gasteiger partial charge in [-0.15, -0.1) is 0 Å². The average Bonchev–Trinajstić information content (AvgIpc) is 2.30. The maximum Gasteiger partial charge on any atom is 0.123 e. The highest BCUT2D eigenvalue weighted by atomic mass is 19.1. The predicted octanol–water partition coefficient (Wildman–Crippen LogP) is 3.15. The van der Waals surface area contributed by atoms with Crippen LogP contribution < -0.4 is 5.32 Å². The molecule has 2 heteroatoms. The maximum atomic E-state index is 12.9. The molecule has 0 bridgehead atoms. The van der Waals surface area contributed by atoms with Crippen LogP contribution in [0.15, 0.2) is 24.3 Å². The van der Waals surface area contributed by atoms with E-state index in [2.05, 4.69) is 5.32 Å². The Hall–Kier alpha value is -0.890. The van der Waals surface area contributed by atoms with Crippen LogP contribution >= 0.6 is 0 Å². The Kier molecular flexibility index (Phi) is 4.34. The summed E-state index contributed by atoms with van der Waals surface area (Å²) in [7, 11) is 0. The number of rotatable bonds is 4. The molecule has 1 fully saturated rings. The lowest BCUT2D eigenvalue weighted by Crippen LogP contribution is -2.29. The van der Waals surface area contributed by atoms with Crippen molar-refractivity contribution >= 4 is 0 Å². The van der Waals surface area contributed by atoms with E-state index in [-0.39, 0.29) is 5.82 Å². The van der Waals surface area contributed by atoms with Gasteiger partial charge in [-0.3, -0.25) is 0 Å². The molecule has 16 heavy (non-hydrogen) atoms. The van der Waals surface area contributed by atoms with Crippen LogP contribution in [-0.4, -0.2) is 13.1 Å². The average molecular weight is 221 g/mol. The molecular weight excluding hydrogens is 201 g/mol. The lowest BCUT2D eigenvalue weighted by Gasteiger charge is -2.22. The first-order valence-corrected chi connectivity index (χ1v) is 6.30. The number of aryl methyl sites for hydroxylation is 1. The van der Waals surface area contributed by atoms with Gasteiger partial charge < -0.3 is 5.32 Å². The Morgan fingerprint density at radius 1 is 1.38 bits per heavy atom. The minimum Gasteiger partial charge on any atom is -0.316 e. The summed E-state index contributed by atoms with van der Waals surface area (Å²) < 4.78 is 12.9. The van der Waals surface area contributed by atoms with E-state index in [0.717, 1.165) is 17.9 Å². The van der Waals surface area contributed by atoms with Gasteiger partial charge in [-0.05, 0) is 68.8 Å². The molecule has 1 nitrogen and oxygen atoms in total. The van der Waals surface area contributed by atoms with Crippen LogP contribution in [0.3, 0.4) is 0 Å². The van der Waals surface area contributed by atoms with Gasteiger partial charge in [-0.2, -0.15) is 0 Å². The zero-order valence-electron chi connectivity index (χ0n) is 9.71. The molecule has 1 aromatic rings. The van der Waals surface area contributed by atoms with Crippen molar-refractivity contribution in [1.82, 2.24) is 5.32 Å². The summed E-state index contributed by atoms with van der Waals surface area (Å²) in [5.41, 5.74) is 1.13. The molecule has 0 saturated carbocycles. The van der Waals surface area contributed by atoms with Gasteiger partial charge in [-0.1, -0.05) is 12.1 Å². The number of piperidine rings is 1. The van der Waals surface area contributed by atoms with Gasteiger partial charge in [-0.25, -0.2) is 4.39 Å². The van der Waals surface area contributed by atoms with Gasteiger partial charge in [0.15, 0.2) is 0 Å². The zero-order chi connectivity index (χ0) is 11.2. The van der Waals surface area contributed by atoms with Gasteiger partial charge in [0.2, 0.25) is 0 Å². The Morgan fingerprint density at radius 3 is 3.06 bits per heavy atom. The summed E-state index contributed by atoms with van der Waals surface area (Å²) in [6.45, 7) is 2.35. The van der Waals surface area contributed by atoms with Gasteiger partial charge in [0.05, 0.1) is 0 Å². The van der Waals surface area contributed by atoms with Crippen LogP contribution in [-0.2, 0) is 6.42 Å². The topological polar surface area (TPSA) is 12.0 Å². The van der Waals surface area contributed by atoms with E-state index in [1.807, 2.05) is 6.07 Å². The first kappa shape index (κ1) is 11.6. The summed E-state index contributed by atoms with van der Waals surface area (Å²) >= 11 is 0. The highest BCUT2D eigenvalue weighted by Gasteiger charge is 2.12. The molecule has 2 rings (SSSR count). The quantitative estimate of drug-likeness (QED) is 0.823. The Morgan fingerprint density at radius 2 is 2.31 bits per heavy atom. The molecular formula is C14H20FN. The first-order valence-electron chi connectivity index (χ1n) is 6.30. The standard InChI is InChI=1S/C14H20FN/c15-14-8-2-5-12(10-14)4-1-6-13-7-3-9-16-11-13/h2,5,8,10,13,16H,1,3-4,6-7,9,11H2. The van der Waals surface area contributed by atoms with E-state index in [1.54, 1.807) is 12.1 Å². The molecule has 0 amide bonds. The van der Waals surface area contributed by atoms with Crippen molar-refractivity contribution in [2.24, 2.45) is 5.92 Å². The molecule has 0 radical (unpaired) electrons. The fourth-order valence-electron chi connectivity index (χ4n) is 2.46. The van der Waals surface area contributed by atoms with Crippen molar-refractivity contribution in [3.63, 3.8) is 0 Å². The van der Waals surface area contributed by atoms with E-state index < -0.39 is 0 Å². The van der Waals surface area contributed by atoms with Crippen LogP contribution in [0.25, 0.3) is 0 Å². The predicted molar refractivity (Wildman–Crippen MR) is 64.9 cm³/mol. The monoisotopic (exact) mass is 221 g/mol. The molecule has 1 atom stereocenters. The van der Waals surface area contributed by atoms with Gasteiger partial charge in [0.1, 0.15) is 5.82 Å². The molecule has 1 saturated heterocycles. The minimum absolute atomic E-state index is 0.114. The highest BCUT2D eigenvalue weighted by molar-refractivity contribution is 5.16. The van der Waals surface area contributed by atoms with Crippen LogP contribution in [0.2, 0.25) is 0 Å². The SMILES string of the molecule is Fc1cccc(CCCC2CCCNC2)c1. The molecule has 1 aliphatic heterocycles. The molecule has 1 unspecified atom stereocenters. The van der Waals surface area contributed by atoms with E-state index in [9.17, 15) is 4.39 Å². The number of benzene rings is 1. The summed E-state index contributed by atoms with van der Waals surface area (Å²) in [5, 5.41) is 3.43. The largest absolute Gasteiger partial charge is 0.316 e. The fraction of sp³-hybridized carbons (Fsp3) is 0.571. The van der Waals surface area contributed by atoms with Crippen molar-refractivity contribution in [2.75, 3.05) is 13.1 Å². The highest BCUT2D eigenvalue weighted by Crippen LogP contribution is 2.17. The van der Waals surface area contributed by atoms with Gasteiger partial charge >= 0.3 is 0 Å². The number of hydrogen-bond donors (Lipinski definition) is 1. The second-order valence-electron chi connectivity index (χ2n) is 4.73. The molecule has 1 aliphatic rings. The molecule has 1 aromatic carbocycles. The first-order chi connectivity index (χ1) is 7.84. The fourth-order valence-corrected chi connectivity index (χ4v) is 2.46. The van der Waals surface area contributed by atoms with E-state index in [1.165, 1.54) is 44.8 Å². The number of nitrogens with one attached hydrogen (secondary N) is 1.